The van der Waals surface area contributed by atoms with Crippen molar-refractivity contribution < 1.29 is 14.4 Å². The van der Waals surface area contributed by atoms with Crippen LogP contribution in [0.1, 0.15) is 52.9 Å². The van der Waals surface area contributed by atoms with Gasteiger partial charge in [-0.05, 0) is 53.5 Å². The lowest BCUT2D eigenvalue weighted by Gasteiger charge is -2.45. The molecule has 26 heavy (non-hydrogen) atoms. The maximum absolute atomic E-state index is 13.2. The number of hydrogen-bond donors (Lipinski definition) is 0. The molecule has 5 heteroatoms. The average Bonchev–Trinajstić information content (AvgIpc) is 2.60. The van der Waals surface area contributed by atoms with E-state index in [9.17, 15) is 14.4 Å². The highest BCUT2D eigenvalue weighted by molar-refractivity contribution is 6.24. The molecule has 0 unspecified atom stereocenters. The van der Waals surface area contributed by atoms with Crippen molar-refractivity contribution in [2.24, 2.45) is 5.41 Å². The third-order valence-corrected chi connectivity index (χ3v) is 6.72. The van der Waals surface area contributed by atoms with Gasteiger partial charge in [-0.2, -0.15) is 0 Å². The van der Waals surface area contributed by atoms with E-state index in [0.717, 1.165) is 45.4 Å². The first-order valence-corrected chi connectivity index (χ1v) is 9.71. The van der Waals surface area contributed by atoms with E-state index in [1.165, 1.54) is 0 Å². The molecule has 0 N–H and O–H groups in total. The number of nitrogens with zero attached hydrogens (tertiary/aromatic N) is 2. The summed E-state index contributed by atoms with van der Waals surface area (Å²) in [6.45, 7) is 8.62. The molecule has 0 spiro atoms. The third kappa shape index (κ3) is 3.18. The zero-order chi connectivity index (χ0) is 19.1. The minimum Gasteiger partial charge on any atom is -0.340 e. The van der Waals surface area contributed by atoms with Crippen LogP contribution in [0.5, 0.6) is 0 Å². The fraction of sp³-hybridized carbons (Fsp3) is 0.667. The van der Waals surface area contributed by atoms with Crippen molar-refractivity contribution in [1.82, 2.24) is 9.80 Å². The summed E-state index contributed by atoms with van der Waals surface area (Å²) in [7, 11) is 2.08. The van der Waals surface area contributed by atoms with Gasteiger partial charge >= 0.3 is 0 Å². The van der Waals surface area contributed by atoms with E-state index < -0.39 is 0 Å². The number of amides is 1. The normalized spacial score (nSPS) is 24.2. The van der Waals surface area contributed by atoms with Crippen molar-refractivity contribution in [2.45, 2.75) is 52.9 Å². The number of carbonyl (C=O) groups is 3. The molecular formula is C21H30N2O3. The van der Waals surface area contributed by atoms with E-state index in [1.54, 1.807) is 20.8 Å². The van der Waals surface area contributed by atoms with Gasteiger partial charge in [0.05, 0.1) is 0 Å². The Labute approximate surface area is 156 Å². The molecule has 3 aliphatic rings. The first kappa shape index (κ1) is 19.0. The predicted octanol–water partition coefficient (Wildman–Crippen LogP) is 2.52. The molecule has 142 valence electrons. The number of allylic oxidation sites excluding steroid dienone is 4. The molecular weight excluding hydrogens is 328 g/mol. The van der Waals surface area contributed by atoms with Gasteiger partial charge in [0.1, 0.15) is 0 Å². The second kappa shape index (κ2) is 7.10. The monoisotopic (exact) mass is 358 g/mol. The van der Waals surface area contributed by atoms with E-state index in [0.29, 0.717) is 35.1 Å². The molecule has 2 aliphatic carbocycles. The summed E-state index contributed by atoms with van der Waals surface area (Å²) in [4.78, 5) is 42.4. The minimum absolute atomic E-state index is 0.0129. The van der Waals surface area contributed by atoms with Crippen molar-refractivity contribution >= 4 is 17.5 Å². The number of carbonyl (C=O) groups excluding carboxylic acids is 3. The van der Waals surface area contributed by atoms with Crippen LogP contribution < -0.4 is 0 Å². The zero-order valence-electron chi connectivity index (χ0n) is 16.5. The first-order chi connectivity index (χ1) is 12.3. The summed E-state index contributed by atoms with van der Waals surface area (Å²) in [5, 5.41) is 0. The number of ketones is 2. The summed E-state index contributed by atoms with van der Waals surface area (Å²) in [5.41, 5.74) is 1.98. The second-order valence-corrected chi connectivity index (χ2v) is 8.24. The van der Waals surface area contributed by atoms with E-state index in [1.807, 2.05) is 4.90 Å². The summed E-state index contributed by atoms with van der Waals surface area (Å²) in [6, 6.07) is 0. The SMILES string of the molecule is CC1=C(C)C(=O)C(CCC2(C(=O)N3CCN(C)CC3)CCC2)=C(C)C1=O. The Bertz CT molecular complexity index is 705. The molecule has 5 nitrogen and oxygen atoms in total. The molecule has 0 aromatic rings. The fourth-order valence-electron chi connectivity index (χ4n) is 4.34. The Morgan fingerprint density at radius 2 is 1.50 bits per heavy atom. The van der Waals surface area contributed by atoms with E-state index >= 15 is 0 Å². The Morgan fingerprint density at radius 3 is 2.04 bits per heavy atom. The quantitative estimate of drug-likeness (QED) is 0.725. The van der Waals surface area contributed by atoms with Crippen LogP contribution in [0.2, 0.25) is 0 Å². The van der Waals surface area contributed by atoms with Gasteiger partial charge in [-0.1, -0.05) is 6.42 Å². The lowest BCUT2D eigenvalue weighted by molar-refractivity contribution is -0.149. The molecule has 3 rings (SSSR count). The summed E-state index contributed by atoms with van der Waals surface area (Å²) in [6.07, 6.45) is 4.08. The standard InChI is InChI=1S/C21H30N2O3/c1-14-15(2)19(25)17(16(3)18(14)24)6-9-21(7-5-8-21)20(26)23-12-10-22(4)11-13-23/h5-13H2,1-4H3. The van der Waals surface area contributed by atoms with Crippen LogP contribution in [-0.2, 0) is 14.4 Å². The molecule has 0 aromatic heterocycles. The summed E-state index contributed by atoms with van der Waals surface area (Å²) >= 11 is 0. The molecule has 1 saturated heterocycles. The van der Waals surface area contributed by atoms with Gasteiger partial charge in [-0.15, -0.1) is 0 Å². The predicted molar refractivity (Wildman–Crippen MR) is 101 cm³/mol. The van der Waals surface area contributed by atoms with Crippen LogP contribution >= 0.6 is 0 Å². The number of piperazine rings is 1. The maximum Gasteiger partial charge on any atom is 0.228 e. The fourth-order valence-corrected chi connectivity index (χ4v) is 4.34. The van der Waals surface area contributed by atoms with Crippen molar-refractivity contribution in [1.29, 1.82) is 0 Å². The van der Waals surface area contributed by atoms with Gasteiger partial charge in [0.25, 0.3) is 0 Å². The first-order valence-electron chi connectivity index (χ1n) is 9.71. The van der Waals surface area contributed by atoms with Gasteiger partial charge in [0, 0.05) is 53.9 Å². The Balaban J connectivity index is 1.72. The summed E-state index contributed by atoms with van der Waals surface area (Å²) in [5.74, 6) is 0.222. The lowest BCUT2D eigenvalue weighted by atomic mass is 9.64. The van der Waals surface area contributed by atoms with Crippen LogP contribution in [0, 0.1) is 5.41 Å². The van der Waals surface area contributed by atoms with Gasteiger partial charge < -0.3 is 9.80 Å². The molecule has 0 bridgehead atoms. The maximum atomic E-state index is 13.2. The highest BCUT2D eigenvalue weighted by Gasteiger charge is 2.46. The van der Waals surface area contributed by atoms with E-state index in [-0.39, 0.29) is 22.9 Å². The smallest absolute Gasteiger partial charge is 0.228 e. The molecule has 0 radical (unpaired) electrons. The molecule has 2 fully saturated rings. The van der Waals surface area contributed by atoms with Gasteiger partial charge in [0.15, 0.2) is 11.6 Å². The summed E-state index contributed by atoms with van der Waals surface area (Å²) < 4.78 is 0. The van der Waals surface area contributed by atoms with Crippen molar-refractivity contribution in [2.75, 3.05) is 33.2 Å². The molecule has 1 heterocycles. The molecule has 1 amide bonds. The highest BCUT2D eigenvalue weighted by atomic mass is 16.2. The average molecular weight is 358 g/mol. The largest absolute Gasteiger partial charge is 0.340 e. The van der Waals surface area contributed by atoms with Crippen molar-refractivity contribution in [3.8, 4) is 0 Å². The molecule has 0 atom stereocenters. The van der Waals surface area contributed by atoms with Gasteiger partial charge in [-0.25, -0.2) is 0 Å². The van der Waals surface area contributed by atoms with Crippen LogP contribution in [0.4, 0.5) is 0 Å². The topological polar surface area (TPSA) is 57.7 Å². The minimum atomic E-state index is -0.323. The Hall–Kier alpha value is -1.75. The molecule has 1 saturated carbocycles. The lowest BCUT2D eigenvalue weighted by Crippen LogP contribution is -2.54. The number of hydrogen-bond acceptors (Lipinski definition) is 4. The molecule has 1 aliphatic heterocycles. The highest BCUT2D eigenvalue weighted by Crippen LogP contribution is 2.47. The number of rotatable bonds is 4. The Morgan fingerprint density at radius 1 is 0.923 bits per heavy atom. The van der Waals surface area contributed by atoms with Crippen LogP contribution in [-0.4, -0.2) is 60.5 Å². The van der Waals surface area contributed by atoms with Gasteiger partial charge in [-0.3, -0.25) is 14.4 Å². The van der Waals surface area contributed by atoms with Crippen molar-refractivity contribution in [3.63, 3.8) is 0 Å². The van der Waals surface area contributed by atoms with Crippen LogP contribution in [0.3, 0.4) is 0 Å². The van der Waals surface area contributed by atoms with Crippen molar-refractivity contribution in [3.05, 3.63) is 22.3 Å². The van der Waals surface area contributed by atoms with Crippen LogP contribution in [0.25, 0.3) is 0 Å². The van der Waals surface area contributed by atoms with Crippen LogP contribution in [0.15, 0.2) is 22.3 Å². The van der Waals surface area contributed by atoms with Gasteiger partial charge in [0.2, 0.25) is 5.91 Å². The number of likely N-dealkylation sites (N-methyl/N-ethyl adjacent to an activating group) is 1. The van der Waals surface area contributed by atoms with E-state index in [4.69, 9.17) is 0 Å². The molecule has 0 aromatic carbocycles. The Kier molecular flexibility index (Phi) is 5.20. The second-order valence-electron chi connectivity index (χ2n) is 8.24. The zero-order valence-corrected chi connectivity index (χ0v) is 16.5. The third-order valence-electron chi connectivity index (χ3n) is 6.72. The number of Topliss-reactive ketones (excluding diaryl/α,β-unsaturated/α-hetero) is 2. The van der Waals surface area contributed by atoms with E-state index in [2.05, 4.69) is 11.9 Å².